The van der Waals surface area contributed by atoms with Crippen molar-refractivity contribution in [1.29, 1.82) is 0 Å². The van der Waals surface area contributed by atoms with Gasteiger partial charge in [0.15, 0.2) is 6.10 Å². The highest BCUT2D eigenvalue weighted by Gasteiger charge is 2.47. The number of rotatable bonds is 11. The highest BCUT2D eigenvalue weighted by Crippen LogP contribution is 2.26. The molecule has 2 aliphatic rings. The molecule has 2 aliphatic heterocycles. The van der Waals surface area contributed by atoms with Crippen LogP contribution in [0.15, 0.2) is 0 Å². The Balaban J connectivity index is 2.92. The molecule has 2 heterocycles. The van der Waals surface area contributed by atoms with Crippen molar-refractivity contribution in [3.05, 3.63) is 0 Å². The second-order valence-electron chi connectivity index (χ2n) is 26.9. The van der Waals surface area contributed by atoms with Gasteiger partial charge in [-0.2, -0.15) is 0 Å². The Morgan fingerprint density at radius 2 is 0.795 bits per heavy atom. The van der Waals surface area contributed by atoms with Crippen LogP contribution in [-0.4, -0.2) is 249 Å². The number of hydrogen-bond donors (Lipinski definition) is 6. The van der Waals surface area contributed by atoms with E-state index in [1.807, 2.05) is 13.8 Å². The van der Waals surface area contributed by atoms with Gasteiger partial charge in [0.2, 0.25) is 59.1 Å². The number of hydrogen-bond acceptors (Lipinski definition) is 15. The Kier molecular flexibility index (Phi) is 29.5. The molecule has 0 aromatic heterocycles. The van der Waals surface area contributed by atoms with Crippen LogP contribution in [0.4, 0.5) is 0 Å². The zero-order chi connectivity index (χ0) is 68.2. The summed E-state index contributed by atoms with van der Waals surface area (Å²) in [7, 11) is 8.06. The number of carbonyl (C=O) groups excluding carboxylic acids is 12. The van der Waals surface area contributed by atoms with E-state index in [1.165, 1.54) is 89.6 Å². The fourth-order valence-corrected chi connectivity index (χ4v) is 11.5. The predicted molar refractivity (Wildman–Crippen MR) is 329 cm³/mol. The van der Waals surface area contributed by atoms with E-state index in [0.29, 0.717) is 6.42 Å². The third-order valence-corrected chi connectivity index (χ3v) is 16.8. The number of aliphatic hydroxyl groups excluding tert-OH is 2. The van der Waals surface area contributed by atoms with Crippen molar-refractivity contribution >= 4 is 70.9 Å². The van der Waals surface area contributed by atoms with Crippen LogP contribution in [0.5, 0.6) is 0 Å². The summed E-state index contributed by atoms with van der Waals surface area (Å²) in [4.78, 5) is 182. The number of ether oxygens (including phenoxy) is 1. The van der Waals surface area contributed by atoms with Crippen LogP contribution in [0.2, 0.25) is 0 Å². The Morgan fingerprint density at radius 1 is 0.420 bits per heavy atom. The van der Waals surface area contributed by atoms with Crippen molar-refractivity contribution < 1.29 is 72.5 Å². The Morgan fingerprint density at radius 3 is 1.22 bits per heavy atom. The molecule has 0 saturated carbocycles. The zero-order valence-corrected chi connectivity index (χ0v) is 57.0. The number of amides is 11. The lowest BCUT2D eigenvalue weighted by atomic mass is 9.94. The number of aliphatic hydroxyl groups is 2. The van der Waals surface area contributed by atoms with Gasteiger partial charge in [0.05, 0.1) is 12.2 Å². The lowest BCUT2D eigenvalue weighted by Crippen LogP contribution is -2.64. The highest BCUT2D eigenvalue weighted by molar-refractivity contribution is 6.00. The van der Waals surface area contributed by atoms with Gasteiger partial charge in [0.1, 0.15) is 66.5 Å². The topological polar surface area (TPSA) is 325 Å². The molecule has 14 atom stereocenters. The van der Waals surface area contributed by atoms with Crippen LogP contribution in [0.25, 0.3) is 0 Å². The Labute approximate surface area is 522 Å². The molecule has 0 spiro atoms. The summed E-state index contributed by atoms with van der Waals surface area (Å²) in [5.41, 5.74) is 0. The number of esters is 1. The summed E-state index contributed by atoms with van der Waals surface area (Å²) in [5.74, 6) is -12.7. The van der Waals surface area contributed by atoms with E-state index in [2.05, 4.69) is 21.3 Å². The number of likely N-dealkylation sites (N-methyl/N-ethyl adjacent to an activating group) is 6. The van der Waals surface area contributed by atoms with Crippen molar-refractivity contribution in [3.63, 3.8) is 0 Å². The minimum Gasteiger partial charge on any atom is -0.451 e. The second-order valence-corrected chi connectivity index (χ2v) is 26.9. The summed E-state index contributed by atoms with van der Waals surface area (Å²) >= 11 is 0. The molecule has 502 valence electrons. The molecule has 0 aromatic rings. The molecule has 2 fully saturated rings. The van der Waals surface area contributed by atoms with Crippen LogP contribution < -0.4 is 21.3 Å². The first-order chi connectivity index (χ1) is 40.5. The molecule has 1 unspecified atom stereocenters. The van der Waals surface area contributed by atoms with Crippen LogP contribution in [0.1, 0.15) is 150 Å². The Bertz CT molecular complexity index is 2490. The van der Waals surface area contributed by atoms with Gasteiger partial charge in [-0.25, -0.2) is 4.79 Å². The molecular weight excluding hydrogens is 1140 g/mol. The standard InChI is InChI=1S/C62H109N11O15/c1-30(2)28-42-56(81)67(19)38(16)62(87)88-43(29-31(3)4)52(77)65-46(34(9)10)59(84)73-27-25-26-41(73)51(76)64-44(32(5)6)58(83)72(24)49(39(17)74)53(78)63-37(15)55(80)71(23)50(40(18)75)54(79)66-45(33(7)8)57(82)69(21)48(36(13)14)61(86)70(22)47(35(11)12)60(85)68(42)20/h30-50,74-75H,25-29H2,1-24H3,(H,63,78)(H,64,76)(H,65,77)(H,66,79)/t37-,38-,39+,40+,41-,42-,43?,44-,45-,46-,47-,48-,49-,50-/m0/s1. The van der Waals surface area contributed by atoms with E-state index in [1.54, 1.807) is 83.1 Å². The van der Waals surface area contributed by atoms with Crippen molar-refractivity contribution in [3.8, 4) is 0 Å². The number of nitrogens with zero attached hydrogens (tertiary/aromatic N) is 7. The van der Waals surface area contributed by atoms with Gasteiger partial charge >= 0.3 is 5.97 Å². The molecule has 2 rings (SSSR count). The predicted octanol–water partition coefficient (Wildman–Crippen LogP) is 0.978. The summed E-state index contributed by atoms with van der Waals surface area (Å²) < 4.78 is 5.92. The minimum atomic E-state index is -1.66. The summed E-state index contributed by atoms with van der Waals surface area (Å²) in [6.07, 6.45) is -3.87. The maximum Gasteiger partial charge on any atom is 0.329 e. The van der Waals surface area contributed by atoms with Gasteiger partial charge in [0.25, 0.3) is 5.91 Å². The van der Waals surface area contributed by atoms with Crippen LogP contribution in [0, 0.1) is 41.4 Å². The van der Waals surface area contributed by atoms with Crippen molar-refractivity contribution in [2.75, 3.05) is 48.8 Å². The van der Waals surface area contributed by atoms with Gasteiger partial charge in [-0.3, -0.25) is 52.7 Å². The largest absolute Gasteiger partial charge is 0.451 e. The second kappa shape index (κ2) is 33.4. The third-order valence-electron chi connectivity index (χ3n) is 16.8. The van der Waals surface area contributed by atoms with Gasteiger partial charge in [-0.15, -0.1) is 0 Å². The average molecular weight is 1250 g/mol. The lowest BCUT2D eigenvalue weighted by molar-refractivity contribution is -0.165. The third kappa shape index (κ3) is 19.3. The monoisotopic (exact) mass is 1250 g/mol. The van der Waals surface area contributed by atoms with Gasteiger partial charge in [-0.05, 0) is 94.8 Å². The molecule has 11 amide bonds. The van der Waals surface area contributed by atoms with E-state index >= 15 is 0 Å². The lowest BCUT2D eigenvalue weighted by Gasteiger charge is -2.41. The first-order valence-corrected chi connectivity index (χ1v) is 31.2. The smallest absolute Gasteiger partial charge is 0.329 e. The van der Waals surface area contributed by atoms with Gasteiger partial charge in [0, 0.05) is 48.8 Å². The van der Waals surface area contributed by atoms with Crippen LogP contribution >= 0.6 is 0 Å². The van der Waals surface area contributed by atoms with E-state index in [-0.39, 0.29) is 37.6 Å². The minimum absolute atomic E-state index is 0.0117. The zero-order valence-electron chi connectivity index (χ0n) is 57.0. The number of nitrogens with one attached hydrogen (secondary N) is 4. The SMILES string of the molecule is CC(C)CC1OC(=O)[C@H](C)N(C)C(=O)[C@H](CC(C)C)N(C)C(=O)[C@H](C(C)C)N(C)C(=O)[C@H](C(C)C)N(C)C(=O)[C@H](C(C)C)NC(=O)[C@H]([C@@H](C)O)N(C)C(=O)[C@H](C)NC(=O)[C@H]([C@@H](C)O)N(C)C(=O)[C@H](C(C)C)NC(=O)[C@@H]2CCCN2C(=O)[C@H](C(C)C)NC1=O. The quantitative estimate of drug-likeness (QED) is 0.157. The maximum absolute atomic E-state index is 15.0. The van der Waals surface area contributed by atoms with Gasteiger partial charge in [-0.1, -0.05) is 96.9 Å². The van der Waals surface area contributed by atoms with E-state index < -0.39 is 185 Å². The first-order valence-electron chi connectivity index (χ1n) is 31.2. The molecular formula is C62H109N11O15. The van der Waals surface area contributed by atoms with Crippen molar-refractivity contribution in [2.45, 2.75) is 235 Å². The maximum atomic E-state index is 15.0. The number of cyclic esters (lactones) is 1. The van der Waals surface area contributed by atoms with E-state index in [4.69, 9.17) is 4.74 Å². The Hall–Kier alpha value is -6.44. The molecule has 2 saturated heterocycles. The molecule has 0 aliphatic carbocycles. The normalized spacial score (nSPS) is 29.0. The van der Waals surface area contributed by atoms with Crippen molar-refractivity contribution in [2.24, 2.45) is 41.4 Å². The highest BCUT2D eigenvalue weighted by atomic mass is 16.5. The first kappa shape index (κ1) is 77.7. The van der Waals surface area contributed by atoms with Crippen LogP contribution in [0.3, 0.4) is 0 Å². The summed E-state index contributed by atoms with van der Waals surface area (Å²) in [6.45, 7) is 29.4. The summed E-state index contributed by atoms with van der Waals surface area (Å²) in [5, 5.41) is 32.9. The van der Waals surface area contributed by atoms with E-state index in [9.17, 15) is 67.7 Å². The number of fused-ring (bicyclic) bond motifs is 1. The fraction of sp³-hybridized carbons (Fsp3) is 0.806. The molecule has 6 N–H and O–H groups in total. The van der Waals surface area contributed by atoms with Crippen molar-refractivity contribution in [1.82, 2.24) is 55.6 Å². The summed E-state index contributed by atoms with van der Waals surface area (Å²) in [6, 6.07) is -14.7. The average Bonchev–Trinajstić information content (AvgIpc) is 1.67. The molecule has 0 aromatic carbocycles. The van der Waals surface area contributed by atoms with E-state index in [0.717, 1.165) is 14.7 Å². The van der Waals surface area contributed by atoms with Gasteiger partial charge < -0.3 is 70.5 Å². The molecule has 26 heteroatoms. The molecule has 26 nitrogen and oxygen atoms in total. The molecule has 88 heavy (non-hydrogen) atoms. The molecule has 0 radical (unpaired) electrons. The molecule has 0 bridgehead atoms. The fourth-order valence-electron chi connectivity index (χ4n) is 11.5. The van der Waals surface area contributed by atoms with Crippen LogP contribution in [-0.2, 0) is 62.3 Å². The number of carbonyl (C=O) groups is 12.